The van der Waals surface area contributed by atoms with Crippen LogP contribution in [0.15, 0.2) is 72.8 Å². The van der Waals surface area contributed by atoms with E-state index in [1.165, 1.54) is 31.8 Å². The van der Waals surface area contributed by atoms with E-state index in [1.54, 1.807) is 31.4 Å². The molecule has 0 saturated carbocycles. The molecule has 192 valence electrons. The maximum absolute atomic E-state index is 12.7. The molecule has 37 heavy (non-hydrogen) atoms. The minimum atomic E-state index is -0.252. The number of carbonyl (C=O) groups excluding carboxylic acids is 1. The first-order valence-electron chi connectivity index (χ1n) is 12.8. The van der Waals surface area contributed by atoms with Crippen LogP contribution in [0.3, 0.4) is 0 Å². The van der Waals surface area contributed by atoms with Crippen molar-refractivity contribution in [3.63, 3.8) is 0 Å². The average Bonchev–Trinajstić information content (AvgIpc) is 3.32. The zero-order valence-corrected chi connectivity index (χ0v) is 21.2. The zero-order chi connectivity index (χ0) is 25.9. The zero-order valence-electron chi connectivity index (χ0n) is 21.2. The van der Waals surface area contributed by atoms with Gasteiger partial charge >= 0.3 is 0 Å². The smallest absolute Gasteiger partial charge is 0.213 e. The molecule has 0 amide bonds. The van der Waals surface area contributed by atoms with Gasteiger partial charge in [0.1, 0.15) is 5.75 Å². The van der Waals surface area contributed by atoms with Crippen LogP contribution in [0.1, 0.15) is 54.4 Å². The van der Waals surface area contributed by atoms with Gasteiger partial charge < -0.3 is 14.7 Å². The summed E-state index contributed by atoms with van der Waals surface area (Å²) in [6.07, 6.45) is 10.4. The monoisotopic (exact) mass is 499 g/mol. The Bertz CT molecular complexity index is 1310. The molecule has 1 heterocycles. The summed E-state index contributed by atoms with van der Waals surface area (Å²) in [4.78, 5) is 13.1. The molecule has 7 nitrogen and oxygen atoms in total. The van der Waals surface area contributed by atoms with E-state index in [9.17, 15) is 10.0 Å². The predicted octanol–water partition coefficient (Wildman–Crippen LogP) is 6.13. The quantitative estimate of drug-likeness (QED) is 0.0741. The van der Waals surface area contributed by atoms with Crippen molar-refractivity contribution in [2.24, 2.45) is 0 Å². The van der Waals surface area contributed by atoms with Crippen molar-refractivity contribution in [3.8, 4) is 16.9 Å². The van der Waals surface area contributed by atoms with Crippen molar-refractivity contribution in [2.45, 2.75) is 38.5 Å². The van der Waals surface area contributed by atoms with E-state index >= 15 is 0 Å². The van der Waals surface area contributed by atoms with Crippen LogP contribution in [0.2, 0.25) is 0 Å². The molecule has 4 rings (SSSR count). The summed E-state index contributed by atoms with van der Waals surface area (Å²) in [5, 5.41) is 18.1. The lowest BCUT2D eigenvalue weighted by Crippen LogP contribution is -2.29. The number of benzene rings is 3. The van der Waals surface area contributed by atoms with Crippen LogP contribution in [-0.4, -0.2) is 36.4 Å². The summed E-state index contributed by atoms with van der Waals surface area (Å²) in [6.45, 7) is 1.59. The Hall–Kier alpha value is -3.97. The van der Waals surface area contributed by atoms with Crippen molar-refractivity contribution < 1.29 is 19.1 Å². The normalized spacial score (nSPS) is 11.4. The molecule has 0 saturated heterocycles. The second-order valence-electron chi connectivity index (χ2n) is 8.99. The number of ether oxygens (including phenoxy) is 2. The first-order valence-corrected chi connectivity index (χ1v) is 12.8. The number of para-hydroxylation sites is 1. The number of hydrogen-bond acceptors (Lipinski definition) is 5. The molecular formula is C30H33N3O4. The van der Waals surface area contributed by atoms with Gasteiger partial charge in [0.25, 0.3) is 0 Å². The Labute approximate surface area is 217 Å². The first-order chi connectivity index (χ1) is 18.2. The number of aromatic amines is 1. The van der Waals surface area contributed by atoms with E-state index in [0.29, 0.717) is 15.9 Å². The number of H-pyrrole nitrogens is 1. The van der Waals surface area contributed by atoms with Crippen LogP contribution in [0, 0.1) is 5.21 Å². The topological polar surface area (TPSA) is 91.2 Å². The van der Waals surface area contributed by atoms with Crippen molar-refractivity contribution in [3.05, 3.63) is 89.1 Å². The van der Waals surface area contributed by atoms with Crippen LogP contribution < -0.4 is 9.58 Å². The van der Waals surface area contributed by atoms with E-state index in [1.807, 2.05) is 36.4 Å². The molecule has 1 aromatic heterocycles. The fourth-order valence-electron chi connectivity index (χ4n) is 4.23. The Morgan fingerprint density at radius 1 is 0.892 bits per heavy atom. The molecule has 0 fully saturated rings. The molecular weight excluding hydrogens is 466 g/mol. The Balaban J connectivity index is 1.25. The highest BCUT2D eigenvalue weighted by molar-refractivity contribution is 6.12. The summed E-state index contributed by atoms with van der Waals surface area (Å²) in [7, 11) is 1.75. The highest BCUT2D eigenvalue weighted by Gasteiger charge is 2.15. The Morgan fingerprint density at radius 2 is 1.54 bits per heavy atom. The number of aromatic nitrogens is 3. The van der Waals surface area contributed by atoms with E-state index in [2.05, 4.69) is 22.4 Å². The number of nitrogens with one attached hydrogen (secondary N) is 1. The van der Waals surface area contributed by atoms with E-state index in [0.717, 1.165) is 48.5 Å². The largest absolute Gasteiger partial charge is 0.691 e. The SMILES string of the molecule is COCCCCCCCCOc1ccc(-c2ccc(/C=C/C(=O)c3cccc4[nH]n[n+]([O-])c34)cc2)cc1. The summed E-state index contributed by atoms with van der Waals surface area (Å²) < 4.78 is 11.0. The molecule has 7 heteroatoms. The number of carbonyl (C=O) groups is 1. The van der Waals surface area contributed by atoms with E-state index < -0.39 is 0 Å². The third-order valence-electron chi connectivity index (χ3n) is 6.29. The number of methoxy groups -OCH3 is 1. The summed E-state index contributed by atoms with van der Waals surface area (Å²) in [5.74, 6) is 0.632. The molecule has 0 atom stereocenters. The molecule has 4 aromatic rings. The van der Waals surface area contributed by atoms with Gasteiger partial charge in [0, 0.05) is 13.7 Å². The first kappa shape index (κ1) is 26.1. The van der Waals surface area contributed by atoms with Crippen LogP contribution >= 0.6 is 0 Å². The summed E-state index contributed by atoms with van der Waals surface area (Å²) >= 11 is 0. The van der Waals surface area contributed by atoms with Crippen molar-refractivity contribution in [1.82, 2.24) is 10.3 Å². The standard InChI is InChI=1S/C30H33N3O4/c1-36-21-6-4-2-3-5-7-22-37-26-18-16-25(17-19-26)24-14-11-23(12-15-24)13-20-29(34)27-9-8-10-28-30(27)33(35)32-31-28/h8-20,31H,2-7,21-22H2,1H3/b20-13+. The lowest BCUT2D eigenvalue weighted by Gasteiger charge is -2.08. The molecule has 3 aromatic carbocycles. The number of rotatable bonds is 14. The third kappa shape index (κ3) is 7.27. The van der Waals surface area contributed by atoms with Gasteiger partial charge in [-0.05, 0) is 59.9 Å². The predicted molar refractivity (Wildman–Crippen MR) is 145 cm³/mol. The molecule has 0 unspecified atom stereocenters. The van der Waals surface area contributed by atoms with Gasteiger partial charge in [-0.2, -0.15) is 0 Å². The molecule has 0 aliphatic rings. The molecule has 1 N–H and O–H groups in total. The minimum absolute atomic E-state index is 0.244. The molecule has 0 spiro atoms. The van der Waals surface area contributed by atoms with Crippen molar-refractivity contribution in [2.75, 3.05) is 20.3 Å². The number of hydrogen-bond donors (Lipinski definition) is 1. The number of nitrogens with zero attached hydrogens (tertiary/aromatic N) is 2. The van der Waals surface area contributed by atoms with Crippen LogP contribution in [0.25, 0.3) is 28.2 Å². The molecule has 0 aliphatic heterocycles. The molecule has 0 bridgehead atoms. The summed E-state index contributed by atoms with van der Waals surface area (Å²) in [6, 6.07) is 21.2. The van der Waals surface area contributed by atoms with Gasteiger partial charge in [0.2, 0.25) is 5.52 Å². The minimum Gasteiger partial charge on any atom is -0.691 e. The van der Waals surface area contributed by atoms with E-state index in [-0.39, 0.29) is 11.3 Å². The summed E-state index contributed by atoms with van der Waals surface area (Å²) in [5.41, 5.74) is 4.16. The van der Waals surface area contributed by atoms with Gasteiger partial charge in [-0.15, -0.1) is 9.94 Å². The second kappa shape index (κ2) is 13.4. The van der Waals surface area contributed by atoms with Gasteiger partial charge in [-0.25, -0.2) is 0 Å². The highest BCUT2D eigenvalue weighted by Crippen LogP contribution is 2.24. The average molecular weight is 500 g/mol. The maximum atomic E-state index is 12.7. The Morgan fingerprint density at radius 3 is 2.24 bits per heavy atom. The lowest BCUT2D eigenvalue weighted by molar-refractivity contribution is -0.644. The number of allylic oxidation sites excluding steroid dienone is 1. The third-order valence-corrected chi connectivity index (χ3v) is 6.29. The molecule has 0 radical (unpaired) electrons. The van der Waals surface area contributed by atoms with Crippen LogP contribution in [-0.2, 0) is 4.74 Å². The van der Waals surface area contributed by atoms with Gasteiger partial charge in [-0.3, -0.25) is 4.79 Å². The fraction of sp³-hybridized carbons (Fsp3) is 0.300. The van der Waals surface area contributed by atoms with Crippen LogP contribution in [0.4, 0.5) is 0 Å². The molecule has 0 aliphatic carbocycles. The van der Waals surface area contributed by atoms with Gasteiger partial charge in [0.15, 0.2) is 11.3 Å². The number of unbranched alkanes of at least 4 members (excludes halogenated alkanes) is 5. The van der Waals surface area contributed by atoms with Crippen LogP contribution in [0.5, 0.6) is 5.75 Å². The number of ketones is 1. The fourth-order valence-corrected chi connectivity index (χ4v) is 4.23. The lowest BCUT2D eigenvalue weighted by atomic mass is 10.0. The van der Waals surface area contributed by atoms with Crippen molar-refractivity contribution >= 4 is 22.9 Å². The highest BCUT2D eigenvalue weighted by atomic mass is 16.5. The number of fused-ring (bicyclic) bond motifs is 1. The maximum Gasteiger partial charge on any atom is 0.213 e. The van der Waals surface area contributed by atoms with Crippen molar-refractivity contribution in [1.29, 1.82) is 0 Å². The van der Waals surface area contributed by atoms with E-state index in [4.69, 9.17) is 9.47 Å². The van der Waals surface area contributed by atoms with Gasteiger partial charge in [-0.1, -0.05) is 74.2 Å². The van der Waals surface area contributed by atoms with Gasteiger partial charge in [0.05, 0.1) is 17.4 Å². The Kier molecular flexibility index (Phi) is 9.43. The second-order valence-corrected chi connectivity index (χ2v) is 8.99.